The van der Waals surface area contributed by atoms with Crippen LogP contribution in [-0.4, -0.2) is 53.5 Å². The number of hydrogen-bond acceptors (Lipinski definition) is 6. The van der Waals surface area contributed by atoms with E-state index in [1.165, 1.54) is 4.70 Å². The second-order valence-electron chi connectivity index (χ2n) is 5.63. The molecule has 5 nitrogen and oxygen atoms in total. The maximum absolute atomic E-state index is 10.3. The van der Waals surface area contributed by atoms with Crippen LogP contribution in [0.25, 0.3) is 10.2 Å². The zero-order chi connectivity index (χ0) is 15.5. The second-order valence-corrected chi connectivity index (χ2v) is 6.87. The fraction of sp³-hybridized carbons (Fsp3) is 0.562. The number of fused-ring (bicyclic) bond motifs is 1. The zero-order valence-corrected chi connectivity index (χ0v) is 13.9. The summed E-state index contributed by atoms with van der Waals surface area (Å²) in [6.07, 6.45) is -0.123. The average molecular weight is 321 g/mol. The molecule has 1 aliphatic rings. The van der Waals surface area contributed by atoms with E-state index in [4.69, 9.17) is 4.74 Å². The number of thiazole rings is 1. The highest BCUT2D eigenvalue weighted by Crippen LogP contribution is 2.27. The third-order valence-corrected chi connectivity index (χ3v) is 4.93. The highest BCUT2D eigenvalue weighted by Gasteiger charge is 2.28. The molecule has 2 aromatic rings. The highest BCUT2D eigenvalue weighted by molar-refractivity contribution is 7.18. The van der Waals surface area contributed by atoms with Crippen LogP contribution in [0.2, 0.25) is 0 Å². The topological polar surface area (TPSA) is 57.6 Å². The predicted octanol–water partition coefficient (Wildman–Crippen LogP) is 1.99. The molecule has 2 heterocycles. The van der Waals surface area contributed by atoms with Crippen LogP contribution in [0.4, 0.5) is 0 Å². The molecule has 2 atom stereocenters. The van der Waals surface area contributed by atoms with Crippen molar-refractivity contribution in [2.75, 3.05) is 26.2 Å². The molecule has 1 aromatic heterocycles. The van der Waals surface area contributed by atoms with Crippen molar-refractivity contribution in [3.8, 4) is 5.75 Å². The summed E-state index contributed by atoms with van der Waals surface area (Å²) in [5, 5.41) is 14.7. The van der Waals surface area contributed by atoms with E-state index in [0.717, 1.165) is 42.5 Å². The Balaban J connectivity index is 1.80. The quantitative estimate of drug-likeness (QED) is 0.882. The van der Waals surface area contributed by atoms with Gasteiger partial charge >= 0.3 is 0 Å². The Kier molecular flexibility index (Phi) is 4.93. The van der Waals surface area contributed by atoms with Gasteiger partial charge in [0.05, 0.1) is 15.2 Å². The molecule has 0 aliphatic carbocycles. The lowest BCUT2D eigenvalue weighted by Crippen LogP contribution is -2.54. The number of piperazine rings is 1. The standard InChI is InChI=1S/C16H23N3O2S/c1-3-14(20)16(19-8-6-17-7-9-19)21-12-4-5-15-13(10-12)18-11(2)22-15/h4-5,10,14,16-17,20H,3,6-9H2,1-2H3. The van der Waals surface area contributed by atoms with Gasteiger partial charge in [-0.2, -0.15) is 0 Å². The van der Waals surface area contributed by atoms with Crippen LogP contribution in [0.5, 0.6) is 5.75 Å². The van der Waals surface area contributed by atoms with Gasteiger partial charge in [-0.1, -0.05) is 6.92 Å². The van der Waals surface area contributed by atoms with Crippen molar-refractivity contribution >= 4 is 21.6 Å². The Morgan fingerprint density at radius 3 is 2.91 bits per heavy atom. The van der Waals surface area contributed by atoms with E-state index in [1.54, 1.807) is 11.3 Å². The van der Waals surface area contributed by atoms with Gasteiger partial charge in [-0.25, -0.2) is 4.98 Å². The van der Waals surface area contributed by atoms with Crippen molar-refractivity contribution in [3.63, 3.8) is 0 Å². The van der Waals surface area contributed by atoms with E-state index in [1.807, 2.05) is 32.0 Å². The fourth-order valence-corrected chi connectivity index (χ4v) is 3.58. The molecular weight excluding hydrogens is 298 g/mol. The second kappa shape index (κ2) is 6.91. The molecule has 0 spiro atoms. The number of aromatic nitrogens is 1. The number of nitrogens with zero attached hydrogens (tertiary/aromatic N) is 2. The normalized spacial score (nSPS) is 19.2. The average Bonchev–Trinajstić information content (AvgIpc) is 2.92. The van der Waals surface area contributed by atoms with Crippen LogP contribution in [0.1, 0.15) is 18.4 Å². The summed E-state index contributed by atoms with van der Waals surface area (Å²) in [5.41, 5.74) is 0.963. The van der Waals surface area contributed by atoms with Gasteiger partial charge in [0.25, 0.3) is 0 Å². The van der Waals surface area contributed by atoms with Gasteiger partial charge < -0.3 is 15.2 Å². The van der Waals surface area contributed by atoms with Gasteiger partial charge in [0, 0.05) is 32.2 Å². The Morgan fingerprint density at radius 2 is 2.18 bits per heavy atom. The van der Waals surface area contributed by atoms with Crippen LogP contribution in [0, 0.1) is 6.92 Å². The fourth-order valence-electron chi connectivity index (χ4n) is 2.77. The first kappa shape index (κ1) is 15.7. The number of aryl methyl sites for hydroxylation is 1. The first-order chi connectivity index (χ1) is 10.7. The van der Waals surface area contributed by atoms with Crippen molar-refractivity contribution in [2.24, 2.45) is 0 Å². The molecule has 2 unspecified atom stereocenters. The smallest absolute Gasteiger partial charge is 0.178 e. The maximum atomic E-state index is 10.3. The van der Waals surface area contributed by atoms with Crippen LogP contribution in [0.3, 0.4) is 0 Å². The predicted molar refractivity (Wildman–Crippen MR) is 89.5 cm³/mol. The SMILES string of the molecule is CCC(O)C(Oc1ccc2sc(C)nc2c1)N1CCNCC1. The van der Waals surface area contributed by atoms with Gasteiger partial charge in [0.1, 0.15) is 11.9 Å². The molecule has 1 aliphatic heterocycles. The monoisotopic (exact) mass is 321 g/mol. The van der Waals surface area contributed by atoms with Crippen LogP contribution < -0.4 is 10.1 Å². The van der Waals surface area contributed by atoms with Gasteiger partial charge in [-0.15, -0.1) is 11.3 Å². The molecule has 0 bridgehead atoms. The van der Waals surface area contributed by atoms with Crippen molar-refractivity contribution in [3.05, 3.63) is 23.2 Å². The summed E-state index contributed by atoms with van der Waals surface area (Å²) >= 11 is 1.68. The molecule has 120 valence electrons. The van der Waals surface area contributed by atoms with E-state index < -0.39 is 6.10 Å². The Hall–Kier alpha value is -1.21. The van der Waals surface area contributed by atoms with Crippen molar-refractivity contribution in [1.29, 1.82) is 0 Å². The van der Waals surface area contributed by atoms with Crippen molar-refractivity contribution in [1.82, 2.24) is 15.2 Å². The number of hydrogen-bond donors (Lipinski definition) is 2. The maximum Gasteiger partial charge on any atom is 0.178 e. The number of rotatable bonds is 5. The molecule has 1 fully saturated rings. The summed E-state index contributed by atoms with van der Waals surface area (Å²) in [6.45, 7) is 7.63. The summed E-state index contributed by atoms with van der Waals surface area (Å²) in [5.74, 6) is 0.772. The lowest BCUT2D eigenvalue weighted by molar-refractivity contribution is -0.0709. The van der Waals surface area contributed by atoms with Gasteiger partial charge in [0.2, 0.25) is 0 Å². The van der Waals surface area contributed by atoms with E-state index in [0.29, 0.717) is 6.42 Å². The lowest BCUT2D eigenvalue weighted by atomic mass is 10.2. The van der Waals surface area contributed by atoms with Crippen LogP contribution in [0.15, 0.2) is 18.2 Å². The number of ether oxygens (including phenoxy) is 1. The molecular formula is C16H23N3O2S. The van der Waals surface area contributed by atoms with Crippen molar-refractivity contribution in [2.45, 2.75) is 32.6 Å². The van der Waals surface area contributed by atoms with Gasteiger partial charge in [-0.3, -0.25) is 4.90 Å². The minimum atomic E-state index is -0.494. The Bertz CT molecular complexity index is 625. The summed E-state index contributed by atoms with van der Waals surface area (Å²) in [6, 6.07) is 5.98. The minimum Gasteiger partial charge on any atom is -0.472 e. The van der Waals surface area contributed by atoms with E-state index >= 15 is 0 Å². The molecule has 6 heteroatoms. The van der Waals surface area contributed by atoms with Gasteiger partial charge in [0.15, 0.2) is 6.23 Å². The number of benzene rings is 1. The number of aliphatic hydroxyl groups is 1. The van der Waals surface area contributed by atoms with Crippen molar-refractivity contribution < 1.29 is 9.84 Å². The largest absolute Gasteiger partial charge is 0.472 e. The van der Waals surface area contributed by atoms with E-state index in [-0.39, 0.29) is 6.23 Å². The third kappa shape index (κ3) is 3.41. The molecule has 0 radical (unpaired) electrons. The van der Waals surface area contributed by atoms with E-state index in [9.17, 15) is 5.11 Å². The molecule has 2 N–H and O–H groups in total. The molecule has 3 rings (SSSR count). The highest BCUT2D eigenvalue weighted by atomic mass is 32.1. The molecule has 0 saturated carbocycles. The first-order valence-electron chi connectivity index (χ1n) is 7.84. The third-order valence-electron chi connectivity index (χ3n) is 3.98. The molecule has 1 saturated heterocycles. The summed E-state index contributed by atoms with van der Waals surface area (Å²) in [7, 11) is 0. The number of nitrogens with one attached hydrogen (secondary N) is 1. The minimum absolute atomic E-state index is 0.302. The summed E-state index contributed by atoms with van der Waals surface area (Å²) in [4.78, 5) is 6.72. The van der Waals surface area contributed by atoms with Gasteiger partial charge in [-0.05, 0) is 25.5 Å². The Morgan fingerprint density at radius 1 is 1.41 bits per heavy atom. The first-order valence-corrected chi connectivity index (χ1v) is 8.65. The van der Waals surface area contributed by atoms with E-state index in [2.05, 4.69) is 15.2 Å². The zero-order valence-electron chi connectivity index (χ0n) is 13.1. The Labute approximate surface area is 134 Å². The molecule has 1 aromatic carbocycles. The lowest BCUT2D eigenvalue weighted by Gasteiger charge is -2.37. The molecule has 0 amide bonds. The number of aliphatic hydroxyl groups excluding tert-OH is 1. The van der Waals surface area contributed by atoms with Crippen LogP contribution in [-0.2, 0) is 0 Å². The molecule has 22 heavy (non-hydrogen) atoms. The van der Waals surface area contributed by atoms with Crippen LogP contribution >= 0.6 is 11.3 Å². The summed E-state index contributed by atoms with van der Waals surface area (Å²) < 4.78 is 7.30.